The number of H-pyrrole nitrogens is 1. The average Bonchev–Trinajstić information content (AvgIpc) is 3.23. The number of nitrogens with zero attached hydrogens (tertiary/aromatic N) is 3. The largest absolute Gasteiger partial charge is 0.335 e. The second-order valence-electron chi connectivity index (χ2n) is 7.44. The molecule has 4 rings (SSSR count). The van der Waals surface area contributed by atoms with Gasteiger partial charge in [0.2, 0.25) is 0 Å². The zero-order valence-electron chi connectivity index (χ0n) is 16.7. The van der Waals surface area contributed by atoms with Gasteiger partial charge in [0.1, 0.15) is 5.69 Å². The van der Waals surface area contributed by atoms with E-state index >= 15 is 0 Å². The molecule has 1 aliphatic rings. The van der Waals surface area contributed by atoms with Crippen LogP contribution in [0.15, 0.2) is 54.6 Å². The van der Waals surface area contributed by atoms with Crippen LogP contribution in [0, 0.1) is 13.8 Å². The van der Waals surface area contributed by atoms with Crippen molar-refractivity contribution in [3.63, 3.8) is 0 Å². The van der Waals surface area contributed by atoms with Gasteiger partial charge in [0, 0.05) is 37.3 Å². The number of piperazine rings is 1. The molecule has 0 atom stereocenters. The van der Waals surface area contributed by atoms with Crippen molar-refractivity contribution in [2.45, 2.75) is 13.8 Å². The van der Waals surface area contributed by atoms with Crippen molar-refractivity contribution < 1.29 is 9.59 Å². The second kappa shape index (κ2) is 7.91. The van der Waals surface area contributed by atoms with E-state index < -0.39 is 0 Å². The normalized spacial score (nSPS) is 14.1. The summed E-state index contributed by atoms with van der Waals surface area (Å²) >= 11 is 0. The van der Waals surface area contributed by atoms with Crippen LogP contribution in [-0.4, -0.2) is 58.0 Å². The van der Waals surface area contributed by atoms with Gasteiger partial charge >= 0.3 is 0 Å². The summed E-state index contributed by atoms with van der Waals surface area (Å²) in [5, 5.41) is 7.22. The van der Waals surface area contributed by atoms with Gasteiger partial charge in [-0.15, -0.1) is 0 Å². The van der Waals surface area contributed by atoms with Crippen molar-refractivity contribution in [1.82, 2.24) is 20.0 Å². The number of benzene rings is 2. The first-order chi connectivity index (χ1) is 14.0. The standard InChI is InChI=1S/C23H24N4O2/c1-16-8-9-19(17(2)14-16)20-15-21(25-24-20)23(29)27-12-10-26(11-13-27)22(28)18-6-4-3-5-7-18/h3-9,14-15H,10-13H2,1-2H3,(H,24,25). The van der Waals surface area contributed by atoms with Gasteiger partial charge in [-0.25, -0.2) is 0 Å². The van der Waals surface area contributed by atoms with Gasteiger partial charge in [0.25, 0.3) is 11.8 Å². The molecule has 0 aliphatic carbocycles. The summed E-state index contributed by atoms with van der Waals surface area (Å²) in [5.74, 6) is -0.0725. The molecule has 0 saturated carbocycles. The molecular weight excluding hydrogens is 364 g/mol. The van der Waals surface area contributed by atoms with Gasteiger partial charge < -0.3 is 9.80 Å². The third-order valence-electron chi connectivity index (χ3n) is 5.34. The number of hydrogen-bond donors (Lipinski definition) is 1. The Kier molecular flexibility index (Phi) is 5.16. The maximum atomic E-state index is 12.9. The fourth-order valence-corrected chi connectivity index (χ4v) is 3.72. The van der Waals surface area contributed by atoms with E-state index in [4.69, 9.17) is 0 Å². The Labute approximate surface area is 170 Å². The highest BCUT2D eigenvalue weighted by Gasteiger charge is 2.26. The lowest BCUT2D eigenvalue weighted by Crippen LogP contribution is -2.50. The molecule has 6 nitrogen and oxygen atoms in total. The number of hydrogen-bond acceptors (Lipinski definition) is 3. The number of aromatic nitrogens is 2. The topological polar surface area (TPSA) is 69.3 Å². The highest BCUT2D eigenvalue weighted by Crippen LogP contribution is 2.23. The highest BCUT2D eigenvalue weighted by molar-refractivity contribution is 5.95. The molecule has 2 amide bonds. The molecule has 1 aromatic heterocycles. The summed E-state index contributed by atoms with van der Waals surface area (Å²) in [6.45, 7) is 6.17. The molecule has 148 valence electrons. The number of rotatable bonds is 3. The van der Waals surface area contributed by atoms with Crippen LogP contribution in [0.2, 0.25) is 0 Å². The predicted molar refractivity (Wildman–Crippen MR) is 112 cm³/mol. The van der Waals surface area contributed by atoms with E-state index in [1.54, 1.807) is 9.80 Å². The zero-order valence-corrected chi connectivity index (χ0v) is 16.7. The van der Waals surface area contributed by atoms with Gasteiger partial charge in [-0.3, -0.25) is 14.7 Å². The van der Waals surface area contributed by atoms with E-state index in [-0.39, 0.29) is 11.8 Å². The van der Waals surface area contributed by atoms with Crippen molar-refractivity contribution in [1.29, 1.82) is 0 Å². The van der Waals surface area contributed by atoms with E-state index in [0.717, 1.165) is 16.8 Å². The van der Waals surface area contributed by atoms with Gasteiger partial charge in [-0.1, -0.05) is 42.0 Å². The van der Waals surface area contributed by atoms with E-state index in [9.17, 15) is 9.59 Å². The van der Waals surface area contributed by atoms with Crippen molar-refractivity contribution in [3.8, 4) is 11.3 Å². The quantitative estimate of drug-likeness (QED) is 0.749. The lowest BCUT2D eigenvalue weighted by atomic mass is 10.0. The molecule has 3 aromatic rings. The maximum Gasteiger partial charge on any atom is 0.272 e. The summed E-state index contributed by atoms with van der Waals surface area (Å²) < 4.78 is 0. The Balaban J connectivity index is 1.41. The van der Waals surface area contributed by atoms with Crippen LogP contribution in [0.3, 0.4) is 0 Å². The van der Waals surface area contributed by atoms with Gasteiger partial charge in [-0.05, 0) is 37.6 Å². The molecule has 1 saturated heterocycles. The monoisotopic (exact) mass is 388 g/mol. The number of carbonyl (C=O) groups is 2. The van der Waals surface area contributed by atoms with Crippen LogP contribution in [0.5, 0.6) is 0 Å². The van der Waals surface area contributed by atoms with E-state index in [0.29, 0.717) is 37.4 Å². The minimum Gasteiger partial charge on any atom is -0.335 e. The summed E-state index contributed by atoms with van der Waals surface area (Å²) in [4.78, 5) is 29.0. The van der Waals surface area contributed by atoms with Crippen molar-refractivity contribution in [2.75, 3.05) is 26.2 Å². The minimum atomic E-state index is -0.0830. The van der Waals surface area contributed by atoms with E-state index in [1.165, 1.54) is 5.56 Å². The molecule has 2 heterocycles. The van der Waals surface area contributed by atoms with Crippen LogP contribution < -0.4 is 0 Å². The summed E-state index contributed by atoms with van der Waals surface area (Å²) in [6, 6.07) is 17.2. The number of carbonyl (C=O) groups excluding carboxylic acids is 2. The van der Waals surface area contributed by atoms with Crippen molar-refractivity contribution in [2.24, 2.45) is 0 Å². The molecule has 1 aliphatic heterocycles. The molecule has 0 unspecified atom stereocenters. The van der Waals surface area contributed by atoms with E-state index in [2.05, 4.69) is 23.2 Å². The first kappa shape index (κ1) is 18.9. The third-order valence-corrected chi connectivity index (χ3v) is 5.34. The molecule has 1 N–H and O–H groups in total. The number of aromatic amines is 1. The lowest BCUT2D eigenvalue weighted by Gasteiger charge is -2.34. The first-order valence-electron chi connectivity index (χ1n) is 9.79. The molecule has 2 aromatic carbocycles. The van der Waals surface area contributed by atoms with Gasteiger partial charge in [0.05, 0.1) is 5.69 Å². The molecule has 29 heavy (non-hydrogen) atoms. The Hall–Kier alpha value is -3.41. The van der Waals surface area contributed by atoms with Crippen molar-refractivity contribution in [3.05, 3.63) is 77.0 Å². The Morgan fingerprint density at radius 2 is 1.52 bits per heavy atom. The van der Waals surface area contributed by atoms with Crippen LogP contribution in [0.4, 0.5) is 0 Å². The van der Waals surface area contributed by atoms with Gasteiger partial charge in [0.15, 0.2) is 0 Å². The number of nitrogens with one attached hydrogen (secondary N) is 1. The molecule has 0 spiro atoms. The Bertz CT molecular complexity index is 1030. The minimum absolute atomic E-state index is 0.0105. The average molecular weight is 388 g/mol. The Morgan fingerprint density at radius 1 is 0.862 bits per heavy atom. The number of amides is 2. The SMILES string of the molecule is Cc1ccc(-c2cc(C(=O)N3CCN(C(=O)c4ccccc4)CC3)[nH]n2)c(C)c1. The summed E-state index contributed by atoms with van der Waals surface area (Å²) in [7, 11) is 0. The van der Waals surface area contributed by atoms with Crippen LogP contribution in [-0.2, 0) is 0 Å². The fourth-order valence-electron chi connectivity index (χ4n) is 3.72. The van der Waals surface area contributed by atoms with Crippen molar-refractivity contribution >= 4 is 11.8 Å². The van der Waals surface area contributed by atoms with Crippen LogP contribution in [0.25, 0.3) is 11.3 Å². The van der Waals surface area contributed by atoms with Gasteiger partial charge in [-0.2, -0.15) is 5.10 Å². The summed E-state index contributed by atoms with van der Waals surface area (Å²) in [5.41, 5.74) is 5.26. The molecule has 0 bridgehead atoms. The smallest absolute Gasteiger partial charge is 0.272 e. The van der Waals surface area contributed by atoms with Crippen LogP contribution in [0.1, 0.15) is 32.0 Å². The number of aryl methyl sites for hydroxylation is 2. The fraction of sp³-hybridized carbons (Fsp3) is 0.261. The predicted octanol–water partition coefficient (Wildman–Crippen LogP) is 3.29. The lowest BCUT2D eigenvalue weighted by molar-refractivity contribution is 0.0532. The molecule has 0 radical (unpaired) electrons. The molecular formula is C23H24N4O2. The highest BCUT2D eigenvalue weighted by atomic mass is 16.2. The Morgan fingerprint density at radius 3 is 2.17 bits per heavy atom. The third kappa shape index (κ3) is 3.92. The molecule has 1 fully saturated rings. The summed E-state index contributed by atoms with van der Waals surface area (Å²) in [6.07, 6.45) is 0. The van der Waals surface area contributed by atoms with E-state index in [1.807, 2.05) is 55.5 Å². The maximum absolute atomic E-state index is 12.9. The second-order valence-corrected chi connectivity index (χ2v) is 7.44. The zero-order chi connectivity index (χ0) is 20.4. The van der Waals surface area contributed by atoms with Crippen LogP contribution >= 0.6 is 0 Å². The molecule has 6 heteroatoms. The first-order valence-corrected chi connectivity index (χ1v) is 9.79.